The number of nitrogens with one attached hydrogen (secondary N) is 1. The van der Waals surface area contributed by atoms with Crippen LogP contribution in [0.2, 0.25) is 0 Å². The first-order chi connectivity index (χ1) is 9.43. The molecular formula is C13H19N3O3S. The topological polar surface area (TPSA) is 92.5 Å². The molecule has 2 rings (SSSR count). The van der Waals surface area contributed by atoms with Gasteiger partial charge in [0.25, 0.3) is 0 Å². The third-order valence-electron chi connectivity index (χ3n) is 3.39. The summed E-state index contributed by atoms with van der Waals surface area (Å²) < 4.78 is 26.3. The summed E-state index contributed by atoms with van der Waals surface area (Å²) in [5.41, 5.74) is 6.16. The van der Waals surface area contributed by atoms with Gasteiger partial charge in [0.15, 0.2) is 0 Å². The summed E-state index contributed by atoms with van der Waals surface area (Å²) in [5.74, 6) is 0.0503. The number of hydrogen-bond donors (Lipinski definition) is 2. The summed E-state index contributed by atoms with van der Waals surface area (Å²) in [6.45, 7) is 2.90. The molecule has 20 heavy (non-hydrogen) atoms. The number of nitrogens with zero attached hydrogens (tertiary/aromatic N) is 1. The van der Waals surface area contributed by atoms with Gasteiger partial charge in [-0.2, -0.15) is 4.31 Å². The predicted octanol–water partition coefficient (Wildman–Crippen LogP) is 0.614. The van der Waals surface area contributed by atoms with E-state index in [-0.39, 0.29) is 16.7 Å². The normalized spacial score (nSPS) is 20.0. The van der Waals surface area contributed by atoms with E-state index < -0.39 is 10.0 Å². The molecule has 6 nitrogen and oxygen atoms in total. The number of nitrogens with two attached hydrogens (primary N) is 1. The molecule has 1 saturated heterocycles. The van der Waals surface area contributed by atoms with Crippen molar-refractivity contribution < 1.29 is 13.2 Å². The van der Waals surface area contributed by atoms with Crippen LogP contribution in [0.3, 0.4) is 0 Å². The molecule has 1 aliphatic rings. The Morgan fingerprint density at radius 1 is 1.40 bits per heavy atom. The summed E-state index contributed by atoms with van der Waals surface area (Å²) in [7, 11) is -3.46. The number of benzene rings is 1. The maximum atomic E-state index is 12.4. The molecule has 0 aromatic heterocycles. The van der Waals surface area contributed by atoms with Crippen molar-refractivity contribution in [1.29, 1.82) is 0 Å². The average Bonchev–Trinajstić information content (AvgIpc) is 2.88. The van der Waals surface area contributed by atoms with Crippen LogP contribution >= 0.6 is 0 Å². The molecule has 1 aliphatic heterocycles. The van der Waals surface area contributed by atoms with Crippen molar-refractivity contribution in [1.82, 2.24) is 4.31 Å². The van der Waals surface area contributed by atoms with E-state index in [9.17, 15) is 13.2 Å². The van der Waals surface area contributed by atoms with Gasteiger partial charge in [0.05, 0.1) is 4.90 Å². The monoisotopic (exact) mass is 297 g/mol. The van der Waals surface area contributed by atoms with Gasteiger partial charge in [-0.3, -0.25) is 4.79 Å². The highest BCUT2D eigenvalue weighted by atomic mass is 32.2. The number of anilines is 1. The van der Waals surface area contributed by atoms with Crippen molar-refractivity contribution in [3.05, 3.63) is 24.3 Å². The van der Waals surface area contributed by atoms with Gasteiger partial charge in [-0.25, -0.2) is 8.42 Å². The first-order valence-electron chi connectivity index (χ1n) is 6.51. The Labute approximate surface area is 119 Å². The third kappa shape index (κ3) is 3.17. The van der Waals surface area contributed by atoms with Gasteiger partial charge in [0.2, 0.25) is 15.9 Å². The van der Waals surface area contributed by atoms with Crippen LogP contribution in [0.5, 0.6) is 0 Å². The molecule has 1 aromatic carbocycles. The highest BCUT2D eigenvalue weighted by Gasteiger charge is 2.31. The molecule has 0 saturated carbocycles. The lowest BCUT2D eigenvalue weighted by Gasteiger charge is -2.16. The van der Waals surface area contributed by atoms with Gasteiger partial charge < -0.3 is 11.1 Å². The Kier molecular flexibility index (Phi) is 4.42. The van der Waals surface area contributed by atoms with Gasteiger partial charge in [-0.1, -0.05) is 0 Å². The maximum absolute atomic E-state index is 12.4. The molecule has 0 radical (unpaired) electrons. The zero-order chi connectivity index (χ0) is 14.8. The van der Waals surface area contributed by atoms with E-state index in [4.69, 9.17) is 5.73 Å². The van der Waals surface area contributed by atoms with Crippen LogP contribution in [0.1, 0.15) is 13.3 Å². The molecule has 0 aliphatic carbocycles. The predicted molar refractivity (Wildman–Crippen MR) is 76.7 cm³/mol. The molecule has 0 spiro atoms. The summed E-state index contributed by atoms with van der Waals surface area (Å²) in [6.07, 6.45) is 0.805. The molecule has 1 unspecified atom stereocenters. The molecule has 7 heteroatoms. The zero-order valence-electron chi connectivity index (χ0n) is 11.4. The number of amides is 1. The van der Waals surface area contributed by atoms with Crippen molar-refractivity contribution >= 4 is 21.6 Å². The van der Waals surface area contributed by atoms with Crippen LogP contribution < -0.4 is 11.1 Å². The van der Waals surface area contributed by atoms with Crippen LogP contribution in [0, 0.1) is 5.92 Å². The van der Waals surface area contributed by atoms with Crippen molar-refractivity contribution in [2.24, 2.45) is 11.7 Å². The fourth-order valence-corrected chi connectivity index (χ4v) is 3.80. The lowest BCUT2D eigenvalue weighted by molar-refractivity contribution is -0.114. The second kappa shape index (κ2) is 5.90. The van der Waals surface area contributed by atoms with E-state index in [2.05, 4.69) is 5.32 Å². The van der Waals surface area contributed by atoms with Crippen molar-refractivity contribution in [2.75, 3.05) is 25.0 Å². The van der Waals surface area contributed by atoms with Crippen molar-refractivity contribution in [3.8, 4) is 0 Å². The van der Waals surface area contributed by atoms with E-state index >= 15 is 0 Å². The highest BCUT2D eigenvalue weighted by Crippen LogP contribution is 2.24. The van der Waals surface area contributed by atoms with Crippen LogP contribution in [-0.2, 0) is 14.8 Å². The van der Waals surface area contributed by atoms with E-state index in [1.54, 1.807) is 12.1 Å². The molecule has 110 valence electrons. The zero-order valence-corrected chi connectivity index (χ0v) is 12.2. The fraction of sp³-hybridized carbons (Fsp3) is 0.462. The van der Waals surface area contributed by atoms with Crippen LogP contribution in [0.25, 0.3) is 0 Å². The summed E-state index contributed by atoms with van der Waals surface area (Å²) in [4.78, 5) is 11.2. The third-order valence-corrected chi connectivity index (χ3v) is 5.27. The summed E-state index contributed by atoms with van der Waals surface area (Å²) in [5, 5.41) is 2.61. The maximum Gasteiger partial charge on any atom is 0.243 e. The number of carbonyl (C=O) groups is 1. The van der Waals surface area contributed by atoms with Crippen LogP contribution in [0.4, 0.5) is 5.69 Å². The van der Waals surface area contributed by atoms with Gasteiger partial charge in [0, 0.05) is 25.7 Å². The number of rotatable bonds is 4. The average molecular weight is 297 g/mol. The molecular weight excluding hydrogens is 278 g/mol. The highest BCUT2D eigenvalue weighted by molar-refractivity contribution is 7.89. The van der Waals surface area contributed by atoms with E-state index in [1.165, 1.54) is 23.4 Å². The number of sulfonamides is 1. The Hall–Kier alpha value is -1.44. The number of hydrogen-bond acceptors (Lipinski definition) is 4. The standard InChI is InChI=1S/C13H19N3O3S/c1-10(17)15-12-2-4-13(5-3-12)20(18,19)16-7-6-11(8-14)9-16/h2-5,11H,6-9,14H2,1H3,(H,15,17). The first-order valence-corrected chi connectivity index (χ1v) is 7.95. The summed E-state index contributed by atoms with van der Waals surface area (Å²) in [6, 6.07) is 6.20. The van der Waals surface area contributed by atoms with Crippen LogP contribution in [0.15, 0.2) is 29.2 Å². The molecule has 1 amide bonds. The lowest BCUT2D eigenvalue weighted by atomic mass is 10.1. The van der Waals surface area contributed by atoms with Gasteiger partial charge >= 0.3 is 0 Å². The molecule has 3 N–H and O–H groups in total. The minimum atomic E-state index is -3.46. The fourth-order valence-electron chi connectivity index (χ4n) is 2.27. The van der Waals surface area contributed by atoms with Crippen molar-refractivity contribution in [3.63, 3.8) is 0 Å². The number of carbonyl (C=O) groups excluding carboxylic acids is 1. The largest absolute Gasteiger partial charge is 0.330 e. The Balaban J connectivity index is 2.16. The minimum Gasteiger partial charge on any atom is -0.330 e. The van der Waals surface area contributed by atoms with Crippen molar-refractivity contribution in [2.45, 2.75) is 18.2 Å². The van der Waals surface area contributed by atoms with Gasteiger partial charge in [-0.15, -0.1) is 0 Å². The molecule has 0 bridgehead atoms. The van der Waals surface area contributed by atoms with E-state index in [0.717, 1.165) is 6.42 Å². The molecule has 1 atom stereocenters. The molecule has 1 fully saturated rings. The SMILES string of the molecule is CC(=O)Nc1ccc(S(=O)(=O)N2CCC(CN)C2)cc1. The quantitative estimate of drug-likeness (QED) is 0.852. The summed E-state index contributed by atoms with van der Waals surface area (Å²) >= 11 is 0. The van der Waals surface area contributed by atoms with E-state index in [0.29, 0.717) is 25.3 Å². The smallest absolute Gasteiger partial charge is 0.243 e. The Bertz CT molecular complexity index is 583. The van der Waals surface area contributed by atoms with Gasteiger partial charge in [-0.05, 0) is 43.1 Å². The lowest BCUT2D eigenvalue weighted by Crippen LogP contribution is -2.30. The second-order valence-corrected chi connectivity index (χ2v) is 6.90. The molecule has 1 aromatic rings. The molecule has 1 heterocycles. The Morgan fingerprint density at radius 3 is 2.55 bits per heavy atom. The minimum absolute atomic E-state index is 0.189. The Morgan fingerprint density at radius 2 is 2.05 bits per heavy atom. The second-order valence-electron chi connectivity index (χ2n) is 4.96. The van der Waals surface area contributed by atoms with Crippen LogP contribution in [-0.4, -0.2) is 38.3 Å². The van der Waals surface area contributed by atoms with Gasteiger partial charge in [0.1, 0.15) is 0 Å². The van der Waals surface area contributed by atoms with E-state index in [1.807, 2.05) is 0 Å². The first kappa shape index (κ1) is 15.0.